The Bertz CT molecular complexity index is 581. The summed E-state index contributed by atoms with van der Waals surface area (Å²) >= 11 is 1.71. The predicted octanol–water partition coefficient (Wildman–Crippen LogP) is 2.90. The molecule has 1 aliphatic rings. The minimum atomic E-state index is 0.118. The Morgan fingerprint density at radius 1 is 1.45 bits per heavy atom. The summed E-state index contributed by atoms with van der Waals surface area (Å²) in [4.78, 5) is 4.57. The average molecular weight is 288 g/mol. The molecule has 0 fully saturated rings. The summed E-state index contributed by atoms with van der Waals surface area (Å²) in [6.07, 6.45) is 2.03. The van der Waals surface area contributed by atoms with Crippen LogP contribution < -0.4 is 5.32 Å². The number of benzene rings is 1. The van der Waals surface area contributed by atoms with Gasteiger partial charge in [0.2, 0.25) is 0 Å². The van der Waals surface area contributed by atoms with Gasteiger partial charge in [-0.15, -0.1) is 11.3 Å². The van der Waals surface area contributed by atoms with E-state index in [4.69, 9.17) is 4.74 Å². The SMILES string of the molecule is CNC(Cc1csc(C)n1)C1OCCc2ccccc21. The van der Waals surface area contributed by atoms with E-state index in [-0.39, 0.29) is 12.1 Å². The number of nitrogens with one attached hydrogen (secondary N) is 1. The monoisotopic (exact) mass is 288 g/mol. The summed E-state index contributed by atoms with van der Waals surface area (Å²) in [5.41, 5.74) is 3.89. The number of likely N-dealkylation sites (N-methyl/N-ethyl adjacent to an activating group) is 1. The highest BCUT2D eigenvalue weighted by Gasteiger charge is 2.28. The third kappa shape index (κ3) is 2.77. The largest absolute Gasteiger partial charge is 0.372 e. The highest BCUT2D eigenvalue weighted by molar-refractivity contribution is 7.09. The van der Waals surface area contributed by atoms with Gasteiger partial charge in [0, 0.05) is 17.8 Å². The Morgan fingerprint density at radius 3 is 3.05 bits per heavy atom. The van der Waals surface area contributed by atoms with Crippen LogP contribution >= 0.6 is 11.3 Å². The highest BCUT2D eigenvalue weighted by atomic mass is 32.1. The van der Waals surface area contributed by atoms with Crippen LogP contribution in [0, 0.1) is 6.92 Å². The first kappa shape index (κ1) is 13.7. The van der Waals surface area contributed by atoms with Gasteiger partial charge in [0.25, 0.3) is 0 Å². The van der Waals surface area contributed by atoms with E-state index in [0.717, 1.165) is 30.2 Å². The summed E-state index contributed by atoms with van der Waals surface area (Å²) in [7, 11) is 2.00. The molecule has 1 aromatic carbocycles. The van der Waals surface area contributed by atoms with E-state index in [1.165, 1.54) is 11.1 Å². The molecule has 0 saturated carbocycles. The number of hydrogen-bond acceptors (Lipinski definition) is 4. The van der Waals surface area contributed by atoms with E-state index >= 15 is 0 Å². The lowest BCUT2D eigenvalue weighted by Crippen LogP contribution is -2.38. The van der Waals surface area contributed by atoms with Gasteiger partial charge in [-0.2, -0.15) is 0 Å². The summed E-state index contributed by atoms with van der Waals surface area (Å²) in [5, 5.41) is 6.68. The van der Waals surface area contributed by atoms with Crippen molar-refractivity contribution in [2.75, 3.05) is 13.7 Å². The summed E-state index contributed by atoms with van der Waals surface area (Å²) < 4.78 is 6.05. The maximum Gasteiger partial charge on any atom is 0.0984 e. The van der Waals surface area contributed by atoms with Crippen molar-refractivity contribution in [2.45, 2.75) is 31.9 Å². The third-order valence-electron chi connectivity index (χ3n) is 3.86. The van der Waals surface area contributed by atoms with Gasteiger partial charge in [-0.05, 0) is 31.5 Å². The average Bonchev–Trinajstić information content (AvgIpc) is 2.89. The molecule has 0 radical (unpaired) electrons. The van der Waals surface area contributed by atoms with Crippen LogP contribution in [0.15, 0.2) is 29.6 Å². The third-order valence-corrected chi connectivity index (χ3v) is 4.68. The molecule has 20 heavy (non-hydrogen) atoms. The molecule has 2 unspecified atom stereocenters. The molecule has 4 heteroatoms. The normalized spacial score (nSPS) is 19.6. The van der Waals surface area contributed by atoms with Gasteiger partial charge in [-0.1, -0.05) is 24.3 Å². The molecule has 2 atom stereocenters. The molecule has 3 nitrogen and oxygen atoms in total. The van der Waals surface area contributed by atoms with Crippen molar-refractivity contribution in [1.82, 2.24) is 10.3 Å². The number of ether oxygens (including phenoxy) is 1. The second-order valence-electron chi connectivity index (χ2n) is 5.20. The first-order valence-corrected chi connectivity index (χ1v) is 7.93. The van der Waals surface area contributed by atoms with E-state index in [2.05, 4.69) is 46.9 Å². The van der Waals surface area contributed by atoms with Crippen LogP contribution in [0.3, 0.4) is 0 Å². The molecule has 0 bridgehead atoms. The van der Waals surface area contributed by atoms with Crippen LogP contribution in [0.25, 0.3) is 0 Å². The number of rotatable bonds is 4. The van der Waals surface area contributed by atoms with Gasteiger partial charge >= 0.3 is 0 Å². The fourth-order valence-electron chi connectivity index (χ4n) is 2.85. The van der Waals surface area contributed by atoms with Gasteiger partial charge < -0.3 is 10.1 Å². The number of hydrogen-bond donors (Lipinski definition) is 1. The second-order valence-corrected chi connectivity index (χ2v) is 6.26. The quantitative estimate of drug-likeness (QED) is 0.939. The lowest BCUT2D eigenvalue weighted by Gasteiger charge is -2.32. The topological polar surface area (TPSA) is 34.2 Å². The lowest BCUT2D eigenvalue weighted by molar-refractivity contribution is 0.0170. The van der Waals surface area contributed by atoms with Crippen molar-refractivity contribution in [3.8, 4) is 0 Å². The van der Waals surface area contributed by atoms with E-state index in [9.17, 15) is 0 Å². The van der Waals surface area contributed by atoms with E-state index < -0.39 is 0 Å². The molecular weight excluding hydrogens is 268 g/mol. The minimum Gasteiger partial charge on any atom is -0.372 e. The molecule has 0 amide bonds. The predicted molar refractivity (Wildman–Crippen MR) is 82.2 cm³/mol. The van der Waals surface area contributed by atoms with Crippen LogP contribution in [-0.2, 0) is 17.6 Å². The van der Waals surface area contributed by atoms with E-state index in [1.807, 2.05) is 7.05 Å². The maximum absolute atomic E-state index is 6.05. The Morgan fingerprint density at radius 2 is 2.30 bits per heavy atom. The van der Waals surface area contributed by atoms with Crippen LogP contribution in [0.4, 0.5) is 0 Å². The van der Waals surface area contributed by atoms with Gasteiger partial charge in [0.1, 0.15) is 0 Å². The van der Waals surface area contributed by atoms with Crippen molar-refractivity contribution in [3.63, 3.8) is 0 Å². The van der Waals surface area contributed by atoms with E-state index in [1.54, 1.807) is 11.3 Å². The first-order chi connectivity index (χ1) is 9.78. The van der Waals surface area contributed by atoms with Gasteiger partial charge in [-0.3, -0.25) is 0 Å². The Kier molecular flexibility index (Phi) is 4.15. The van der Waals surface area contributed by atoms with Crippen molar-refractivity contribution < 1.29 is 4.74 Å². The van der Waals surface area contributed by atoms with Crippen molar-refractivity contribution in [1.29, 1.82) is 0 Å². The molecule has 1 aliphatic heterocycles. The Balaban J connectivity index is 1.83. The second kappa shape index (κ2) is 6.04. The first-order valence-electron chi connectivity index (χ1n) is 7.05. The zero-order valence-corrected chi connectivity index (χ0v) is 12.7. The fraction of sp³-hybridized carbons (Fsp3) is 0.438. The molecule has 1 N–H and O–H groups in total. The lowest BCUT2D eigenvalue weighted by atomic mass is 9.91. The Hall–Kier alpha value is -1.23. The summed E-state index contributed by atoms with van der Waals surface area (Å²) in [6, 6.07) is 8.87. The van der Waals surface area contributed by atoms with Crippen molar-refractivity contribution in [3.05, 3.63) is 51.5 Å². The smallest absolute Gasteiger partial charge is 0.0984 e. The number of nitrogens with zero attached hydrogens (tertiary/aromatic N) is 1. The molecule has 0 aliphatic carbocycles. The number of thiazole rings is 1. The zero-order valence-electron chi connectivity index (χ0n) is 11.9. The summed E-state index contributed by atoms with van der Waals surface area (Å²) in [6.45, 7) is 2.85. The van der Waals surface area contributed by atoms with Crippen molar-refractivity contribution >= 4 is 11.3 Å². The van der Waals surface area contributed by atoms with Crippen LogP contribution in [0.2, 0.25) is 0 Å². The molecule has 1 aromatic heterocycles. The molecule has 3 rings (SSSR count). The van der Waals surface area contributed by atoms with Crippen molar-refractivity contribution in [2.24, 2.45) is 0 Å². The maximum atomic E-state index is 6.05. The number of aromatic nitrogens is 1. The highest BCUT2D eigenvalue weighted by Crippen LogP contribution is 2.31. The molecule has 106 valence electrons. The molecule has 0 spiro atoms. The zero-order chi connectivity index (χ0) is 13.9. The Labute approximate surface area is 124 Å². The molecular formula is C16H20N2OS. The minimum absolute atomic E-state index is 0.118. The standard InChI is InChI=1S/C16H20N2OS/c1-11-18-13(10-20-11)9-15(17-2)16-14-6-4-3-5-12(14)7-8-19-16/h3-6,10,15-17H,7-9H2,1-2H3. The van der Waals surface area contributed by atoms with Gasteiger partial charge in [0.05, 0.1) is 23.4 Å². The summed E-state index contributed by atoms with van der Waals surface area (Å²) in [5.74, 6) is 0. The van der Waals surface area contributed by atoms with Gasteiger partial charge in [0.15, 0.2) is 0 Å². The molecule has 2 heterocycles. The van der Waals surface area contributed by atoms with Crippen LogP contribution in [0.5, 0.6) is 0 Å². The van der Waals surface area contributed by atoms with E-state index in [0.29, 0.717) is 0 Å². The number of aryl methyl sites for hydroxylation is 1. The van der Waals surface area contributed by atoms with Crippen LogP contribution in [-0.4, -0.2) is 24.7 Å². The van der Waals surface area contributed by atoms with Crippen LogP contribution in [0.1, 0.15) is 27.9 Å². The van der Waals surface area contributed by atoms with Gasteiger partial charge in [-0.25, -0.2) is 4.98 Å². The molecule has 2 aromatic rings. The fourth-order valence-corrected chi connectivity index (χ4v) is 3.47. The number of fused-ring (bicyclic) bond motifs is 1. The molecule has 0 saturated heterocycles.